The summed E-state index contributed by atoms with van der Waals surface area (Å²) in [6.07, 6.45) is 1.66. The highest BCUT2D eigenvalue weighted by atomic mass is 79.9. The molecule has 96 valence electrons. The minimum absolute atomic E-state index is 0.00347. The lowest BCUT2D eigenvalue weighted by molar-refractivity contribution is 0.241. The van der Waals surface area contributed by atoms with E-state index >= 15 is 0 Å². The average Bonchev–Trinajstić information content (AvgIpc) is 2.90. The molecule has 0 unspecified atom stereocenters. The molecule has 2 N–H and O–H groups in total. The van der Waals surface area contributed by atoms with Crippen LogP contribution in [0.1, 0.15) is 24.3 Å². The number of hydrogen-bond donors (Lipinski definition) is 2. The van der Waals surface area contributed by atoms with Gasteiger partial charge in [0, 0.05) is 10.5 Å². The molecular formula is C14H16BrNO2. The predicted octanol–water partition coefficient (Wildman–Crippen LogP) is 3.10. The quantitative estimate of drug-likeness (QED) is 0.892. The SMILES string of the molecule is C[C@H](CO)N[C@H](c1ccc(Br)cc1)c1ccco1. The molecule has 1 aromatic carbocycles. The maximum atomic E-state index is 9.17. The second-order valence-corrected chi connectivity index (χ2v) is 5.17. The van der Waals surface area contributed by atoms with E-state index in [2.05, 4.69) is 21.2 Å². The second kappa shape index (κ2) is 6.18. The van der Waals surface area contributed by atoms with Crippen LogP contribution < -0.4 is 5.32 Å². The summed E-state index contributed by atoms with van der Waals surface area (Å²) in [5.41, 5.74) is 1.11. The molecule has 4 heteroatoms. The summed E-state index contributed by atoms with van der Waals surface area (Å²) < 4.78 is 6.51. The van der Waals surface area contributed by atoms with Gasteiger partial charge in [-0.05, 0) is 36.8 Å². The zero-order valence-corrected chi connectivity index (χ0v) is 11.7. The number of halogens is 1. The van der Waals surface area contributed by atoms with Crippen molar-refractivity contribution in [2.24, 2.45) is 0 Å². The molecule has 0 aliphatic heterocycles. The molecule has 3 nitrogen and oxygen atoms in total. The predicted molar refractivity (Wildman–Crippen MR) is 74.4 cm³/mol. The Morgan fingerprint density at radius 1 is 1.28 bits per heavy atom. The number of nitrogens with one attached hydrogen (secondary N) is 1. The van der Waals surface area contributed by atoms with Crippen LogP contribution in [-0.4, -0.2) is 17.8 Å². The van der Waals surface area contributed by atoms with E-state index in [1.807, 2.05) is 43.3 Å². The third-order valence-electron chi connectivity index (χ3n) is 2.76. The lowest BCUT2D eigenvalue weighted by Gasteiger charge is -2.21. The smallest absolute Gasteiger partial charge is 0.125 e. The highest BCUT2D eigenvalue weighted by molar-refractivity contribution is 9.10. The van der Waals surface area contributed by atoms with Crippen LogP contribution in [0.15, 0.2) is 51.6 Å². The van der Waals surface area contributed by atoms with Crippen LogP contribution in [0.3, 0.4) is 0 Å². The molecule has 0 fully saturated rings. The van der Waals surface area contributed by atoms with Crippen molar-refractivity contribution in [2.45, 2.75) is 19.0 Å². The van der Waals surface area contributed by atoms with Crippen LogP contribution in [0.25, 0.3) is 0 Å². The fourth-order valence-corrected chi connectivity index (χ4v) is 2.05. The summed E-state index contributed by atoms with van der Waals surface area (Å²) in [6.45, 7) is 2.03. The average molecular weight is 310 g/mol. The molecule has 0 radical (unpaired) electrons. The molecule has 2 aromatic rings. The first-order valence-corrected chi connectivity index (χ1v) is 6.66. The fraction of sp³-hybridized carbons (Fsp3) is 0.286. The van der Waals surface area contributed by atoms with Crippen molar-refractivity contribution in [1.29, 1.82) is 0 Å². The molecule has 0 saturated heterocycles. The van der Waals surface area contributed by atoms with Crippen molar-refractivity contribution >= 4 is 15.9 Å². The molecule has 2 rings (SSSR count). The highest BCUT2D eigenvalue weighted by Gasteiger charge is 2.18. The third-order valence-corrected chi connectivity index (χ3v) is 3.28. The summed E-state index contributed by atoms with van der Waals surface area (Å²) in [5, 5.41) is 12.5. The normalized spacial score (nSPS) is 14.4. The summed E-state index contributed by atoms with van der Waals surface area (Å²) in [4.78, 5) is 0. The van der Waals surface area contributed by atoms with Crippen LogP contribution in [-0.2, 0) is 0 Å². The number of furan rings is 1. The Hall–Kier alpha value is -1.10. The Bertz CT molecular complexity index is 467. The van der Waals surface area contributed by atoms with E-state index in [1.165, 1.54) is 0 Å². The Morgan fingerprint density at radius 2 is 2.00 bits per heavy atom. The number of hydrogen-bond acceptors (Lipinski definition) is 3. The van der Waals surface area contributed by atoms with Gasteiger partial charge in [-0.3, -0.25) is 5.32 Å². The van der Waals surface area contributed by atoms with Crippen molar-refractivity contribution in [3.05, 3.63) is 58.5 Å². The maximum absolute atomic E-state index is 9.17. The van der Waals surface area contributed by atoms with E-state index in [9.17, 15) is 5.11 Å². The minimum atomic E-state index is -0.0461. The summed E-state index contributed by atoms with van der Waals surface area (Å²) in [7, 11) is 0. The molecule has 0 bridgehead atoms. The number of aliphatic hydroxyl groups is 1. The molecule has 1 aromatic heterocycles. The molecule has 0 amide bonds. The van der Waals surface area contributed by atoms with Gasteiger partial charge in [-0.1, -0.05) is 28.1 Å². The highest BCUT2D eigenvalue weighted by Crippen LogP contribution is 2.24. The maximum Gasteiger partial charge on any atom is 0.125 e. The van der Waals surface area contributed by atoms with Gasteiger partial charge in [-0.15, -0.1) is 0 Å². The van der Waals surface area contributed by atoms with Gasteiger partial charge in [-0.2, -0.15) is 0 Å². The molecule has 0 aliphatic rings. The zero-order chi connectivity index (χ0) is 13.0. The van der Waals surface area contributed by atoms with Gasteiger partial charge in [0.1, 0.15) is 5.76 Å². The Labute approximate surface area is 115 Å². The number of rotatable bonds is 5. The van der Waals surface area contributed by atoms with Gasteiger partial charge in [-0.25, -0.2) is 0 Å². The van der Waals surface area contributed by atoms with Crippen LogP contribution in [0.4, 0.5) is 0 Å². The Balaban J connectivity index is 2.27. The molecule has 1 heterocycles. The fourth-order valence-electron chi connectivity index (χ4n) is 1.79. The third kappa shape index (κ3) is 3.22. The van der Waals surface area contributed by atoms with E-state index in [0.29, 0.717) is 0 Å². The number of aliphatic hydroxyl groups excluding tert-OH is 1. The van der Waals surface area contributed by atoms with Gasteiger partial charge in [0.15, 0.2) is 0 Å². The summed E-state index contributed by atoms with van der Waals surface area (Å²) in [6, 6.07) is 11.8. The first kappa shape index (κ1) is 13.3. The molecule has 0 aliphatic carbocycles. The Kier molecular flexibility index (Phi) is 4.58. The Morgan fingerprint density at radius 3 is 2.56 bits per heavy atom. The summed E-state index contributed by atoms with van der Waals surface area (Å²) >= 11 is 3.42. The van der Waals surface area contributed by atoms with Gasteiger partial charge in [0.2, 0.25) is 0 Å². The zero-order valence-electron chi connectivity index (χ0n) is 10.1. The van der Waals surface area contributed by atoms with E-state index < -0.39 is 0 Å². The molecule has 0 saturated carbocycles. The topological polar surface area (TPSA) is 45.4 Å². The van der Waals surface area contributed by atoms with Gasteiger partial charge in [0.25, 0.3) is 0 Å². The van der Waals surface area contributed by atoms with E-state index in [4.69, 9.17) is 4.42 Å². The van der Waals surface area contributed by atoms with Crippen LogP contribution in [0.2, 0.25) is 0 Å². The monoisotopic (exact) mass is 309 g/mol. The van der Waals surface area contributed by atoms with E-state index in [1.54, 1.807) is 6.26 Å². The lowest BCUT2D eigenvalue weighted by atomic mass is 10.0. The first-order valence-electron chi connectivity index (χ1n) is 5.86. The van der Waals surface area contributed by atoms with Crippen molar-refractivity contribution in [3.8, 4) is 0 Å². The largest absolute Gasteiger partial charge is 0.467 e. The lowest BCUT2D eigenvalue weighted by Crippen LogP contribution is -2.33. The van der Waals surface area contributed by atoms with Crippen molar-refractivity contribution < 1.29 is 9.52 Å². The van der Waals surface area contributed by atoms with Gasteiger partial charge in [0.05, 0.1) is 18.9 Å². The molecule has 18 heavy (non-hydrogen) atoms. The number of benzene rings is 1. The van der Waals surface area contributed by atoms with E-state index in [0.717, 1.165) is 15.8 Å². The molecular weight excluding hydrogens is 294 g/mol. The van der Waals surface area contributed by atoms with Crippen LogP contribution >= 0.6 is 15.9 Å². The van der Waals surface area contributed by atoms with Crippen molar-refractivity contribution in [2.75, 3.05) is 6.61 Å². The van der Waals surface area contributed by atoms with E-state index in [-0.39, 0.29) is 18.7 Å². The summed E-state index contributed by atoms with van der Waals surface area (Å²) in [5.74, 6) is 0.845. The second-order valence-electron chi connectivity index (χ2n) is 4.25. The van der Waals surface area contributed by atoms with Gasteiger partial charge < -0.3 is 9.52 Å². The van der Waals surface area contributed by atoms with Crippen molar-refractivity contribution in [1.82, 2.24) is 5.32 Å². The van der Waals surface area contributed by atoms with Crippen LogP contribution in [0, 0.1) is 0 Å². The van der Waals surface area contributed by atoms with Crippen molar-refractivity contribution in [3.63, 3.8) is 0 Å². The van der Waals surface area contributed by atoms with Crippen LogP contribution in [0.5, 0.6) is 0 Å². The first-order chi connectivity index (χ1) is 8.70. The van der Waals surface area contributed by atoms with Gasteiger partial charge >= 0.3 is 0 Å². The molecule has 2 atom stereocenters. The molecule has 0 spiro atoms. The standard InChI is InChI=1S/C14H16BrNO2/c1-10(9-17)16-14(13-3-2-8-18-13)11-4-6-12(15)7-5-11/h2-8,10,14,16-17H,9H2,1H3/t10-,14-/m1/s1. The minimum Gasteiger partial charge on any atom is -0.467 e.